The average Bonchev–Trinajstić information content (AvgIpc) is 3.26. The Labute approximate surface area is 322 Å². The Morgan fingerprint density at radius 2 is 0.636 bits per heavy atom. The molecule has 0 bridgehead atoms. The molecule has 0 aliphatic carbocycles. The van der Waals surface area contributed by atoms with Gasteiger partial charge in [-0.1, -0.05) is 182 Å². The highest BCUT2D eigenvalue weighted by molar-refractivity contribution is 5.98. The molecule has 0 atom stereocenters. The van der Waals surface area contributed by atoms with Crippen molar-refractivity contribution in [1.82, 2.24) is 0 Å². The molecule has 258 valence electrons. The molecule has 0 aromatic heterocycles. The van der Waals surface area contributed by atoms with Crippen LogP contribution in [0.15, 0.2) is 224 Å². The summed E-state index contributed by atoms with van der Waals surface area (Å²) in [4.78, 5) is 2.46. The van der Waals surface area contributed by atoms with Crippen LogP contribution < -0.4 is 4.90 Å². The molecule has 1 heteroatoms. The van der Waals surface area contributed by atoms with Crippen molar-refractivity contribution >= 4 is 49.4 Å². The zero-order valence-corrected chi connectivity index (χ0v) is 30.3. The maximum absolute atomic E-state index is 2.46. The Morgan fingerprint density at radius 1 is 0.218 bits per heavy atom. The van der Waals surface area contributed by atoms with Crippen LogP contribution in [0.1, 0.15) is 0 Å². The quantitative estimate of drug-likeness (QED) is 0.160. The van der Waals surface area contributed by atoms with Crippen molar-refractivity contribution in [1.29, 1.82) is 0 Å². The molecule has 10 rings (SSSR count). The molecule has 0 heterocycles. The van der Waals surface area contributed by atoms with Gasteiger partial charge in [-0.05, 0) is 108 Å². The number of para-hydroxylation sites is 1. The molecule has 55 heavy (non-hydrogen) atoms. The van der Waals surface area contributed by atoms with Crippen molar-refractivity contribution in [2.75, 3.05) is 4.90 Å². The molecule has 0 saturated carbocycles. The number of nitrogens with zero attached hydrogens (tertiary/aromatic N) is 1. The number of benzene rings is 10. The van der Waals surface area contributed by atoms with Crippen molar-refractivity contribution in [3.05, 3.63) is 224 Å². The van der Waals surface area contributed by atoms with Crippen LogP contribution in [0.2, 0.25) is 0 Å². The van der Waals surface area contributed by atoms with E-state index in [1.807, 2.05) is 0 Å². The smallest absolute Gasteiger partial charge is 0.0546 e. The van der Waals surface area contributed by atoms with Crippen molar-refractivity contribution < 1.29 is 0 Å². The zero-order valence-electron chi connectivity index (χ0n) is 30.3. The Morgan fingerprint density at radius 3 is 1.25 bits per heavy atom. The van der Waals surface area contributed by atoms with Crippen LogP contribution in [0.3, 0.4) is 0 Å². The van der Waals surface area contributed by atoms with Gasteiger partial charge in [-0.25, -0.2) is 0 Å². The summed E-state index contributed by atoms with van der Waals surface area (Å²) in [6.07, 6.45) is 0. The summed E-state index contributed by atoms with van der Waals surface area (Å²) in [5.74, 6) is 0. The highest BCUT2D eigenvalue weighted by Crippen LogP contribution is 2.47. The molecule has 0 aliphatic heterocycles. The Kier molecular flexibility index (Phi) is 8.24. The minimum atomic E-state index is 1.09. The Bertz CT molecular complexity index is 2980. The second kappa shape index (κ2) is 14.0. The van der Waals surface area contributed by atoms with E-state index in [4.69, 9.17) is 0 Å². The SMILES string of the molecule is c1ccc(-c2ccccc2N(c2ccc(-c3ccc4ccccc4c3)cc2)c2cc(-c3ccc4ccccc4c3)ccc2-c2ccc3ccccc3c2)cc1. The van der Waals surface area contributed by atoms with Gasteiger partial charge in [0, 0.05) is 16.8 Å². The highest BCUT2D eigenvalue weighted by Gasteiger charge is 2.22. The average molecular weight is 700 g/mol. The van der Waals surface area contributed by atoms with Gasteiger partial charge >= 0.3 is 0 Å². The van der Waals surface area contributed by atoms with E-state index >= 15 is 0 Å². The van der Waals surface area contributed by atoms with Gasteiger partial charge in [0.25, 0.3) is 0 Å². The zero-order chi connectivity index (χ0) is 36.6. The summed E-state index contributed by atoms with van der Waals surface area (Å²) in [6.45, 7) is 0. The van der Waals surface area contributed by atoms with Gasteiger partial charge in [0.1, 0.15) is 0 Å². The molecule has 1 nitrogen and oxygen atoms in total. The molecule has 0 saturated heterocycles. The molecule has 0 spiro atoms. The number of fused-ring (bicyclic) bond motifs is 3. The van der Waals surface area contributed by atoms with Crippen LogP contribution in [0, 0.1) is 0 Å². The van der Waals surface area contributed by atoms with Gasteiger partial charge in [0.2, 0.25) is 0 Å². The lowest BCUT2D eigenvalue weighted by Gasteiger charge is -2.30. The van der Waals surface area contributed by atoms with E-state index in [2.05, 4.69) is 229 Å². The Hall–Kier alpha value is -7.22. The maximum atomic E-state index is 2.46. The van der Waals surface area contributed by atoms with Crippen molar-refractivity contribution in [3.8, 4) is 44.5 Å². The number of rotatable bonds is 7. The second-order valence-electron chi connectivity index (χ2n) is 14.2. The molecule has 10 aromatic carbocycles. The van der Waals surface area contributed by atoms with Crippen molar-refractivity contribution in [2.24, 2.45) is 0 Å². The summed E-state index contributed by atoms with van der Waals surface area (Å²) < 4.78 is 0. The molecule has 0 amide bonds. The van der Waals surface area contributed by atoms with Gasteiger partial charge in [0.05, 0.1) is 11.4 Å². The number of hydrogen-bond acceptors (Lipinski definition) is 1. The van der Waals surface area contributed by atoms with E-state index in [1.165, 1.54) is 71.3 Å². The normalized spacial score (nSPS) is 11.3. The topological polar surface area (TPSA) is 3.24 Å². The summed E-state index contributed by atoms with van der Waals surface area (Å²) in [5.41, 5.74) is 12.7. The predicted octanol–water partition coefficient (Wildman–Crippen LogP) is 15.3. The first-order chi connectivity index (χ1) is 27.2. The first kappa shape index (κ1) is 32.4. The lowest BCUT2D eigenvalue weighted by molar-refractivity contribution is 1.28. The van der Waals surface area contributed by atoms with Crippen LogP contribution in [0.25, 0.3) is 76.8 Å². The Balaban J connectivity index is 1.21. The molecule has 0 aliphatic rings. The van der Waals surface area contributed by atoms with E-state index in [0.717, 1.165) is 22.6 Å². The van der Waals surface area contributed by atoms with E-state index in [-0.39, 0.29) is 0 Å². The molecule has 0 N–H and O–H groups in total. The largest absolute Gasteiger partial charge is 0.309 e. The van der Waals surface area contributed by atoms with E-state index in [1.54, 1.807) is 0 Å². The van der Waals surface area contributed by atoms with Gasteiger partial charge in [-0.3, -0.25) is 0 Å². The minimum absolute atomic E-state index is 1.09. The van der Waals surface area contributed by atoms with Crippen LogP contribution in [-0.2, 0) is 0 Å². The molecule has 0 radical (unpaired) electrons. The first-order valence-corrected chi connectivity index (χ1v) is 18.9. The van der Waals surface area contributed by atoms with Crippen LogP contribution in [0.5, 0.6) is 0 Å². The van der Waals surface area contributed by atoms with E-state index in [0.29, 0.717) is 0 Å². The molecule has 0 unspecified atom stereocenters. The van der Waals surface area contributed by atoms with Crippen molar-refractivity contribution in [3.63, 3.8) is 0 Å². The third kappa shape index (κ3) is 6.22. The fourth-order valence-electron chi connectivity index (χ4n) is 7.98. The second-order valence-corrected chi connectivity index (χ2v) is 14.2. The fourth-order valence-corrected chi connectivity index (χ4v) is 7.98. The lowest BCUT2D eigenvalue weighted by atomic mass is 9.93. The first-order valence-electron chi connectivity index (χ1n) is 18.9. The maximum Gasteiger partial charge on any atom is 0.0546 e. The van der Waals surface area contributed by atoms with Crippen LogP contribution in [0.4, 0.5) is 17.1 Å². The monoisotopic (exact) mass is 699 g/mol. The van der Waals surface area contributed by atoms with Gasteiger partial charge in [-0.15, -0.1) is 0 Å². The fraction of sp³-hybridized carbons (Fsp3) is 0. The van der Waals surface area contributed by atoms with Crippen LogP contribution >= 0.6 is 0 Å². The summed E-state index contributed by atoms with van der Waals surface area (Å²) >= 11 is 0. The standard InChI is InChI=1S/C54H37N/c1-2-15-42(16-3-1)51-20-10-11-21-53(51)55(50-31-28-41(29-32-50)46-25-22-38-12-4-7-17-43(38)34-46)54-37-48(47-26-23-39-13-5-8-18-44(39)35-47)30-33-52(54)49-27-24-40-14-6-9-19-45(40)36-49/h1-37H. The molecular formula is C54H37N. The summed E-state index contributed by atoms with van der Waals surface area (Å²) in [7, 11) is 0. The van der Waals surface area contributed by atoms with Crippen LogP contribution in [-0.4, -0.2) is 0 Å². The lowest BCUT2D eigenvalue weighted by Crippen LogP contribution is -2.12. The highest BCUT2D eigenvalue weighted by atomic mass is 15.1. The van der Waals surface area contributed by atoms with Crippen molar-refractivity contribution in [2.45, 2.75) is 0 Å². The summed E-state index contributed by atoms with van der Waals surface area (Å²) in [6, 6.07) is 81.7. The minimum Gasteiger partial charge on any atom is -0.309 e. The van der Waals surface area contributed by atoms with Gasteiger partial charge in [-0.2, -0.15) is 0 Å². The molecule has 10 aromatic rings. The predicted molar refractivity (Wildman–Crippen MR) is 235 cm³/mol. The molecular weight excluding hydrogens is 663 g/mol. The van der Waals surface area contributed by atoms with Gasteiger partial charge in [0.15, 0.2) is 0 Å². The molecule has 0 fully saturated rings. The van der Waals surface area contributed by atoms with Gasteiger partial charge < -0.3 is 4.90 Å². The third-order valence-electron chi connectivity index (χ3n) is 10.8. The number of anilines is 3. The van der Waals surface area contributed by atoms with E-state index in [9.17, 15) is 0 Å². The summed E-state index contributed by atoms with van der Waals surface area (Å²) in [5, 5.41) is 7.42. The van der Waals surface area contributed by atoms with E-state index < -0.39 is 0 Å². The third-order valence-corrected chi connectivity index (χ3v) is 10.8. The number of hydrogen-bond donors (Lipinski definition) is 0.